The number of aromatic nitrogens is 1. The standard InChI is InChI=1S/C13H18BrN3O3/c1-4-20-11-6-10(13(11,2)3)16-12-9(17(18)19)5-8(14)7-15-12/h5,7,10-11H,4,6H2,1-3H3,(H,15,16). The van der Waals surface area contributed by atoms with Crippen molar-refractivity contribution in [3.05, 3.63) is 26.9 Å². The van der Waals surface area contributed by atoms with Crippen LogP contribution in [0.5, 0.6) is 0 Å². The van der Waals surface area contributed by atoms with Gasteiger partial charge in [-0.1, -0.05) is 13.8 Å². The number of hydrogen-bond donors (Lipinski definition) is 1. The van der Waals surface area contributed by atoms with Crippen LogP contribution in [-0.2, 0) is 4.74 Å². The number of ether oxygens (including phenoxy) is 1. The molecule has 2 atom stereocenters. The summed E-state index contributed by atoms with van der Waals surface area (Å²) in [6.07, 6.45) is 2.57. The first-order chi connectivity index (χ1) is 9.36. The average molecular weight is 344 g/mol. The van der Waals surface area contributed by atoms with Crippen molar-refractivity contribution in [3.8, 4) is 0 Å². The first kappa shape index (κ1) is 15.2. The summed E-state index contributed by atoms with van der Waals surface area (Å²) in [5, 5.41) is 14.3. The van der Waals surface area contributed by atoms with Crippen molar-refractivity contribution in [2.45, 2.75) is 39.3 Å². The normalized spacial score (nSPS) is 24.0. The van der Waals surface area contributed by atoms with Crippen molar-refractivity contribution in [2.24, 2.45) is 5.41 Å². The first-order valence-corrected chi connectivity index (χ1v) is 7.33. The summed E-state index contributed by atoms with van der Waals surface area (Å²) in [4.78, 5) is 14.8. The van der Waals surface area contributed by atoms with Gasteiger partial charge in [0.15, 0.2) is 0 Å². The van der Waals surface area contributed by atoms with Crippen LogP contribution in [0.25, 0.3) is 0 Å². The van der Waals surface area contributed by atoms with E-state index in [1.54, 1.807) is 6.20 Å². The lowest BCUT2D eigenvalue weighted by Crippen LogP contribution is -2.58. The summed E-state index contributed by atoms with van der Waals surface area (Å²) in [5.74, 6) is 0.311. The van der Waals surface area contributed by atoms with E-state index in [0.717, 1.165) is 6.42 Å². The maximum Gasteiger partial charge on any atom is 0.312 e. The predicted octanol–water partition coefficient (Wildman–Crippen LogP) is 3.37. The quantitative estimate of drug-likeness (QED) is 0.655. The molecule has 2 rings (SSSR count). The van der Waals surface area contributed by atoms with Gasteiger partial charge in [0.2, 0.25) is 5.82 Å². The van der Waals surface area contributed by atoms with Gasteiger partial charge < -0.3 is 10.1 Å². The molecule has 0 aromatic carbocycles. The van der Waals surface area contributed by atoms with E-state index >= 15 is 0 Å². The summed E-state index contributed by atoms with van der Waals surface area (Å²) < 4.78 is 6.25. The Morgan fingerprint density at radius 2 is 2.35 bits per heavy atom. The Hall–Kier alpha value is -1.21. The molecule has 1 heterocycles. The predicted molar refractivity (Wildman–Crippen MR) is 79.8 cm³/mol. The zero-order valence-electron chi connectivity index (χ0n) is 11.7. The fourth-order valence-corrected chi connectivity index (χ4v) is 2.78. The molecular formula is C13H18BrN3O3. The molecule has 0 bridgehead atoms. The Kier molecular flexibility index (Phi) is 4.29. The van der Waals surface area contributed by atoms with Gasteiger partial charge in [0.1, 0.15) is 0 Å². The summed E-state index contributed by atoms with van der Waals surface area (Å²) in [7, 11) is 0. The lowest BCUT2D eigenvalue weighted by molar-refractivity contribution is -0.384. The minimum Gasteiger partial charge on any atom is -0.378 e. The molecule has 1 N–H and O–H groups in total. The van der Waals surface area contributed by atoms with E-state index in [9.17, 15) is 10.1 Å². The van der Waals surface area contributed by atoms with Crippen LogP contribution in [0.15, 0.2) is 16.7 Å². The maximum atomic E-state index is 11.1. The Bertz CT molecular complexity index is 522. The number of nitro groups is 1. The molecule has 0 radical (unpaired) electrons. The number of rotatable bonds is 5. The lowest BCUT2D eigenvalue weighted by atomic mass is 9.64. The average Bonchev–Trinajstić information content (AvgIpc) is 2.39. The van der Waals surface area contributed by atoms with E-state index in [1.807, 2.05) is 6.92 Å². The second kappa shape index (κ2) is 5.65. The smallest absolute Gasteiger partial charge is 0.312 e. The molecule has 1 saturated carbocycles. The van der Waals surface area contributed by atoms with Crippen LogP contribution in [0.4, 0.5) is 11.5 Å². The molecule has 2 unspecified atom stereocenters. The van der Waals surface area contributed by atoms with E-state index in [0.29, 0.717) is 16.9 Å². The second-order valence-electron chi connectivity index (χ2n) is 5.48. The van der Waals surface area contributed by atoms with Crippen molar-refractivity contribution in [1.29, 1.82) is 0 Å². The SMILES string of the molecule is CCOC1CC(Nc2ncc(Br)cc2[N+](=O)[O-])C1(C)C. The molecule has 7 heteroatoms. The fraction of sp³-hybridized carbons (Fsp3) is 0.615. The van der Waals surface area contributed by atoms with Gasteiger partial charge in [0.05, 0.1) is 11.0 Å². The number of nitrogens with one attached hydrogen (secondary N) is 1. The van der Waals surface area contributed by atoms with Gasteiger partial charge >= 0.3 is 5.69 Å². The molecule has 0 saturated heterocycles. The number of pyridine rings is 1. The molecule has 0 amide bonds. The first-order valence-electron chi connectivity index (χ1n) is 6.54. The highest BCUT2D eigenvalue weighted by molar-refractivity contribution is 9.10. The van der Waals surface area contributed by atoms with Crippen LogP contribution in [0.3, 0.4) is 0 Å². The van der Waals surface area contributed by atoms with Crippen LogP contribution in [0, 0.1) is 15.5 Å². The third kappa shape index (κ3) is 2.78. The Labute approximate surface area is 126 Å². The van der Waals surface area contributed by atoms with Crippen LogP contribution in [0.2, 0.25) is 0 Å². The third-order valence-electron chi connectivity index (χ3n) is 3.89. The second-order valence-corrected chi connectivity index (χ2v) is 6.39. The number of hydrogen-bond acceptors (Lipinski definition) is 5. The van der Waals surface area contributed by atoms with Gasteiger partial charge in [-0.15, -0.1) is 0 Å². The van der Waals surface area contributed by atoms with Crippen LogP contribution in [-0.4, -0.2) is 28.7 Å². The molecule has 6 nitrogen and oxygen atoms in total. The molecular weight excluding hydrogens is 326 g/mol. The molecule has 1 aliphatic carbocycles. The topological polar surface area (TPSA) is 77.3 Å². The zero-order chi connectivity index (χ0) is 14.9. The Balaban J connectivity index is 2.14. The third-order valence-corrected chi connectivity index (χ3v) is 4.32. The van der Waals surface area contributed by atoms with Crippen LogP contribution >= 0.6 is 15.9 Å². The minimum absolute atomic E-state index is 0.0185. The van der Waals surface area contributed by atoms with Crippen molar-refractivity contribution in [1.82, 2.24) is 4.98 Å². The van der Waals surface area contributed by atoms with Crippen LogP contribution in [0.1, 0.15) is 27.2 Å². The lowest BCUT2D eigenvalue weighted by Gasteiger charge is -2.51. The van der Waals surface area contributed by atoms with E-state index < -0.39 is 4.92 Å². The van der Waals surface area contributed by atoms with E-state index in [-0.39, 0.29) is 23.2 Å². The largest absolute Gasteiger partial charge is 0.378 e. The molecule has 0 aliphatic heterocycles. The molecule has 1 aliphatic rings. The summed E-state index contributed by atoms with van der Waals surface area (Å²) >= 11 is 3.20. The highest BCUT2D eigenvalue weighted by Crippen LogP contribution is 2.45. The molecule has 0 spiro atoms. The van der Waals surface area contributed by atoms with E-state index in [1.165, 1.54) is 6.07 Å². The van der Waals surface area contributed by atoms with Gasteiger partial charge in [0, 0.05) is 34.8 Å². The highest BCUT2D eigenvalue weighted by atomic mass is 79.9. The van der Waals surface area contributed by atoms with Crippen molar-refractivity contribution in [3.63, 3.8) is 0 Å². The fourth-order valence-electron chi connectivity index (χ4n) is 2.46. The van der Waals surface area contributed by atoms with E-state index in [4.69, 9.17) is 4.74 Å². The molecule has 110 valence electrons. The summed E-state index contributed by atoms with van der Waals surface area (Å²) in [5.41, 5.74) is -0.0893. The maximum absolute atomic E-state index is 11.1. The Morgan fingerprint density at radius 1 is 1.65 bits per heavy atom. The molecule has 1 fully saturated rings. The number of halogens is 1. The van der Waals surface area contributed by atoms with Crippen molar-refractivity contribution < 1.29 is 9.66 Å². The van der Waals surface area contributed by atoms with E-state index in [2.05, 4.69) is 40.1 Å². The van der Waals surface area contributed by atoms with Crippen LogP contribution < -0.4 is 5.32 Å². The van der Waals surface area contributed by atoms with Gasteiger partial charge in [-0.05, 0) is 29.3 Å². The highest BCUT2D eigenvalue weighted by Gasteiger charge is 2.49. The van der Waals surface area contributed by atoms with Gasteiger partial charge in [0.25, 0.3) is 0 Å². The molecule has 1 aromatic heterocycles. The number of anilines is 1. The van der Waals surface area contributed by atoms with Gasteiger partial charge in [-0.25, -0.2) is 4.98 Å². The summed E-state index contributed by atoms with van der Waals surface area (Å²) in [6.45, 7) is 6.84. The molecule has 20 heavy (non-hydrogen) atoms. The number of nitrogens with zero attached hydrogens (tertiary/aromatic N) is 2. The summed E-state index contributed by atoms with van der Waals surface area (Å²) in [6, 6.07) is 1.58. The van der Waals surface area contributed by atoms with Crippen molar-refractivity contribution >= 4 is 27.4 Å². The van der Waals surface area contributed by atoms with Gasteiger partial charge in [-0.3, -0.25) is 10.1 Å². The van der Waals surface area contributed by atoms with Crippen molar-refractivity contribution in [2.75, 3.05) is 11.9 Å². The zero-order valence-corrected chi connectivity index (χ0v) is 13.3. The monoisotopic (exact) mass is 343 g/mol. The van der Waals surface area contributed by atoms with Gasteiger partial charge in [-0.2, -0.15) is 0 Å². The Morgan fingerprint density at radius 3 is 2.90 bits per heavy atom. The molecule has 1 aromatic rings. The minimum atomic E-state index is -0.425.